The molecular weight excluding hydrogens is 379 g/mol. The van der Waals surface area contributed by atoms with E-state index in [0.717, 1.165) is 11.3 Å². The van der Waals surface area contributed by atoms with Gasteiger partial charge in [-0.25, -0.2) is 4.39 Å². The molecule has 0 bridgehead atoms. The van der Waals surface area contributed by atoms with Crippen LogP contribution >= 0.6 is 11.6 Å². The van der Waals surface area contributed by atoms with E-state index in [1.807, 2.05) is 38.1 Å². The highest BCUT2D eigenvalue weighted by Gasteiger charge is 2.28. The Labute approximate surface area is 169 Å². The Morgan fingerprint density at radius 1 is 1.25 bits per heavy atom. The van der Waals surface area contributed by atoms with Gasteiger partial charge < -0.3 is 9.74 Å². The molecule has 0 saturated carbocycles. The normalized spacial score (nSPS) is 16.0. The van der Waals surface area contributed by atoms with Crippen LogP contribution in [0.4, 0.5) is 4.39 Å². The monoisotopic (exact) mass is 402 g/mol. The molecule has 2 aromatic rings. The molecular formula is C22H24ClFN2O2. The van der Waals surface area contributed by atoms with Crippen LogP contribution in [0.2, 0.25) is 5.02 Å². The van der Waals surface area contributed by atoms with E-state index in [1.165, 1.54) is 6.07 Å². The van der Waals surface area contributed by atoms with Gasteiger partial charge in [0.1, 0.15) is 5.82 Å². The molecule has 0 spiro atoms. The van der Waals surface area contributed by atoms with Gasteiger partial charge in [0.2, 0.25) is 5.91 Å². The van der Waals surface area contributed by atoms with Crippen molar-refractivity contribution >= 4 is 23.2 Å². The Bertz CT molecular complexity index is 869. The molecule has 2 aromatic carbocycles. The lowest BCUT2D eigenvalue weighted by atomic mass is 10.0. The molecule has 1 heterocycles. The molecule has 0 aliphatic carbocycles. The van der Waals surface area contributed by atoms with Crippen molar-refractivity contribution in [2.24, 2.45) is 11.1 Å². The van der Waals surface area contributed by atoms with Crippen molar-refractivity contribution in [1.29, 1.82) is 0 Å². The van der Waals surface area contributed by atoms with Crippen LogP contribution in [-0.2, 0) is 16.2 Å². The summed E-state index contributed by atoms with van der Waals surface area (Å²) in [6.45, 7) is 4.53. The third kappa shape index (κ3) is 5.10. The molecule has 0 saturated heterocycles. The number of halogens is 2. The highest BCUT2D eigenvalue weighted by Crippen LogP contribution is 2.24. The Morgan fingerprint density at radius 2 is 1.96 bits per heavy atom. The van der Waals surface area contributed by atoms with Gasteiger partial charge in [-0.3, -0.25) is 4.79 Å². The van der Waals surface area contributed by atoms with Gasteiger partial charge in [-0.15, -0.1) is 0 Å². The molecule has 0 radical (unpaired) electrons. The molecule has 3 rings (SSSR count). The van der Waals surface area contributed by atoms with E-state index >= 15 is 0 Å². The van der Waals surface area contributed by atoms with E-state index in [2.05, 4.69) is 5.16 Å². The first kappa shape index (κ1) is 20.3. The molecule has 0 N–H and O–H groups in total. The molecule has 1 unspecified atom stereocenters. The molecule has 148 valence electrons. The fourth-order valence-electron chi connectivity index (χ4n) is 3.19. The number of carbonyl (C=O) groups is 1. The number of hydrogen-bond acceptors (Lipinski definition) is 3. The minimum Gasteiger partial charge on any atom is -0.390 e. The van der Waals surface area contributed by atoms with Crippen LogP contribution in [0.15, 0.2) is 53.7 Å². The number of nitrogens with zero attached hydrogens (tertiary/aromatic N) is 2. The van der Waals surface area contributed by atoms with Crippen molar-refractivity contribution < 1.29 is 14.0 Å². The van der Waals surface area contributed by atoms with Gasteiger partial charge in [0, 0.05) is 35.5 Å². The second kappa shape index (κ2) is 9.20. The Kier molecular flexibility index (Phi) is 6.68. The van der Waals surface area contributed by atoms with Crippen molar-refractivity contribution in [3.63, 3.8) is 0 Å². The molecule has 1 amide bonds. The average Bonchev–Trinajstić information content (AvgIpc) is 3.11. The number of carbonyl (C=O) groups excluding carboxylic acids is 1. The summed E-state index contributed by atoms with van der Waals surface area (Å²) in [6, 6.07) is 14.0. The molecule has 4 nitrogen and oxygen atoms in total. The zero-order valence-corrected chi connectivity index (χ0v) is 16.8. The van der Waals surface area contributed by atoms with Gasteiger partial charge in [-0.2, -0.15) is 0 Å². The summed E-state index contributed by atoms with van der Waals surface area (Å²) >= 11 is 6.25. The van der Waals surface area contributed by atoms with Gasteiger partial charge in [0.05, 0.1) is 12.3 Å². The maximum Gasteiger partial charge on any atom is 0.223 e. The number of rotatable bonds is 7. The third-order valence-electron chi connectivity index (χ3n) is 4.60. The SMILES string of the molecule is CC(C)CC(=O)N(Cc1ccccc1F)CC1CC(c2ccccc2Cl)=NO1. The van der Waals surface area contributed by atoms with E-state index in [0.29, 0.717) is 30.0 Å². The smallest absolute Gasteiger partial charge is 0.223 e. The number of hydrogen-bond donors (Lipinski definition) is 0. The largest absolute Gasteiger partial charge is 0.390 e. The minimum absolute atomic E-state index is 0.0203. The quantitative estimate of drug-likeness (QED) is 0.650. The zero-order valence-electron chi connectivity index (χ0n) is 16.1. The number of benzene rings is 2. The summed E-state index contributed by atoms with van der Waals surface area (Å²) in [5.41, 5.74) is 2.09. The van der Waals surface area contributed by atoms with E-state index in [-0.39, 0.29) is 30.3 Å². The Balaban J connectivity index is 1.71. The lowest BCUT2D eigenvalue weighted by Crippen LogP contribution is -2.38. The lowest BCUT2D eigenvalue weighted by Gasteiger charge is -2.26. The summed E-state index contributed by atoms with van der Waals surface area (Å²) in [4.78, 5) is 20.0. The van der Waals surface area contributed by atoms with E-state index in [9.17, 15) is 9.18 Å². The minimum atomic E-state index is -0.315. The molecule has 1 atom stereocenters. The van der Waals surface area contributed by atoms with Gasteiger partial charge in [-0.1, -0.05) is 67.0 Å². The average molecular weight is 403 g/mol. The van der Waals surface area contributed by atoms with Crippen molar-refractivity contribution in [1.82, 2.24) is 4.90 Å². The third-order valence-corrected chi connectivity index (χ3v) is 4.93. The van der Waals surface area contributed by atoms with Crippen LogP contribution in [0.25, 0.3) is 0 Å². The van der Waals surface area contributed by atoms with Gasteiger partial charge in [0.25, 0.3) is 0 Å². The summed E-state index contributed by atoms with van der Waals surface area (Å²) in [5.74, 6) is -0.117. The Morgan fingerprint density at radius 3 is 2.68 bits per heavy atom. The topological polar surface area (TPSA) is 41.9 Å². The second-order valence-corrected chi connectivity index (χ2v) is 7.82. The first-order valence-corrected chi connectivity index (χ1v) is 9.80. The molecule has 0 fully saturated rings. The number of amides is 1. The molecule has 1 aliphatic rings. The highest BCUT2D eigenvalue weighted by atomic mass is 35.5. The Hall–Kier alpha value is -2.40. The molecule has 28 heavy (non-hydrogen) atoms. The van der Waals surface area contributed by atoms with Crippen molar-refractivity contribution in [3.8, 4) is 0 Å². The lowest BCUT2D eigenvalue weighted by molar-refractivity contribution is -0.134. The van der Waals surface area contributed by atoms with Crippen LogP contribution in [0.5, 0.6) is 0 Å². The van der Waals surface area contributed by atoms with Gasteiger partial charge in [0.15, 0.2) is 6.10 Å². The van der Waals surface area contributed by atoms with Crippen molar-refractivity contribution in [2.45, 2.75) is 39.3 Å². The summed E-state index contributed by atoms with van der Waals surface area (Å²) < 4.78 is 14.1. The van der Waals surface area contributed by atoms with E-state index in [1.54, 1.807) is 23.1 Å². The van der Waals surface area contributed by atoms with Crippen molar-refractivity contribution in [2.75, 3.05) is 6.54 Å². The maximum absolute atomic E-state index is 14.1. The molecule has 1 aliphatic heterocycles. The van der Waals surface area contributed by atoms with Crippen molar-refractivity contribution in [3.05, 3.63) is 70.5 Å². The molecule has 6 heteroatoms. The van der Waals surface area contributed by atoms with E-state index < -0.39 is 0 Å². The van der Waals surface area contributed by atoms with Crippen LogP contribution in [0.3, 0.4) is 0 Å². The van der Waals surface area contributed by atoms with Crippen LogP contribution in [0.1, 0.15) is 37.8 Å². The van der Waals surface area contributed by atoms with E-state index in [4.69, 9.17) is 16.4 Å². The van der Waals surface area contributed by atoms with Crippen LogP contribution in [0, 0.1) is 11.7 Å². The fourth-order valence-corrected chi connectivity index (χ4v) is 3.44. The summed E-state index contributed by atoms with van der Waals surface area (Å²) in [5, 5.41) is 4.78. The zero-order chi connectivity index (χ0) is 20.1. The fraction of sp³-hybridized carbons (Fsp3) is 0.364. The highest BCUT2D eigenvalue weighted by molar-refractivity contribution is 6.34. The first-order valence-electron chi connectivity index (χ1n) is 9.42. The van der Waals surface area contributed by atoms with Gasteiger partial charge in [-0.05, 0) is 18.1 Å². The predicted molar refractivity (Wildman–Crippen MR) is 109 cm³/mol. The molecule has 0 aromatic heterocycles. The maximum atomic E-state index is 14.1. The summed E-state index contributed by atoms with van der Waals surface area (Å²) in [6.07, 6.45) is 0.667. The standard InChI is InChI=1S/C22H24ClFN2O2/c1-15(2)11-22(27)26(13-16-7-3-6-10-20(16)24)14-17-12-21(25-28-17)18-8-4-5-9-19(18)23/h3-10,15,17H,11-14H2,1-2H3. The predicted octanol–water partition coefficient (Wildman–Crippen LogP) is 5.05. The first-order chi connectivity index (χ1) is 13.4. The summed E-state index contributed by atoms with van der Waals surface area (Å²) in [7, 11) is 0. The number of oxime groups is 1. The van der Waals surface area contributed by atoms with Crippen LogP contribution < -0.4 is 0 Å². The second-order valence-electron chi connectivity index (χ2n) is 7.41. The van der Waals surface area contributed by atoms with Crippen LogP contribution in [-0.4, -0.2) is 29.2 Å². The van der Waals surface area contributed by atoms with Gasteiger partial charge >= 0.3 is 0 Å².